The second-order valence-electron chi connectivity index (χ2n) is 6.55. The van der Waals surface area contributed by atoms with E-state index in [4.69, 9.17) is 0 Å². The summed E-state index contributed by atoms with van der Waals surface area (Å²) in [7, 11) is 0. The van der Waals surface area contributed by atoms with Gasteiger partial charge in [-0.1, -0.05) is 43.3 Å². The molecule has 1 heterocycles. The van der Waals surface area contributed by atoms with E-state index in [-0.39, 0.29) is 5.91 Å². The van der Waals surface area contributed by atoms with Crippen molar-refractivity contribution in [2.45, 2.75) is 33.2 Å². The Morgan fingerprint density at radius 2 is 1.93 bits per heavy atom. The minimum Gasteiger partial charge on any atom is -0.357 e. The van der Waals surface area contributed by atoms with Crippen molar-refractivity contribution >= 4 is 23.2 Å². The standard InChI is InChI=1S/C21H30N4OS/c1-3-22-21(25-15-17(2)14-19-10-7-13-27-19)23-12-11-20(26)24-16-18-8-5-4-6-9-18/h4-10,13,17H,3,11-12,14-16H2,1-2H3,(H,24,26)(H2,22,23,25). The van der Waals surface area contributed by atoms with E-state index in [9.17, 15) is 4.79 Å². The first-order valence-corrected chi connectivity index (χ1v) is 10.4. The first-order valence-electron chi connectivity index (χ1n) is 9.52. The number of hydrogen-bond donors (Lipinski definition) is 3. The Hall–Kier alpha value is -2.34. The van der Waals surface area contributed by atoms with Gasteiger partial charge in [-0.2, -0.15) is 0 Å². The number of nitrogens with one attached hydrogen (secondary N) is 3. The molecule has 27 heavy (non-hydrogen) atoms. The van der Waals surface area contributed by atoms with Gasteiger partial charge >= 0.3 is 0 Å². The monoisotopic (exact) mass is 386 g/mol. The lowest BCUT2D eigenvalue weighted by Gasteiger charge is -2.13. The van der Waals surface area contributed by atoms with Crippen LogP contribution in [0.4, 0.5) is 0 Å². The van der Waals surface area contributed by atoms with Crippen molar-refractivity contribution in [3.05, 3.63) is 58.3 Å². The summed E-state index contributed by atoms with van der Waals surface area (Å²) < 4.78 is 0. The molecule has 1 atom stereocenters. The summed E-state index contributed by atoms with van der Waals surface area (Å²) >= 11 is 1.79. The summed E-state index contributed by atoms with van der Waals surface area (Å²) in [4.78, 5) is 18.0. The van der Waals surface area contributed by atoms with E-state index >= 15 is 0 Å². The third-order valence-corrected chi connectivity index (χ3v) is 4.91. The molecule has 0 bridgehead atoms. The molecule has 0 fully saturated rings. The molecule has 1 unspecified atom stereocenters. The van der Waals surface area contributed by atoms with Gasteiger partial charge in [0.1, 0.15) is 0 Å². The smallest absolute Gasteiger partial charge is 0.222 e. The van der Waals surface area contributed by atoms with Crippen molar-refractivity contribution in [2.24, 2.45) is 10.9 Å². The Labute approximate surface area is 166 Å². The van der Waals surface area contributed by atoms with Crippen LogP contribution in [0.25, 0.3) is 0 Å². The molecule has 3 N–H and O–H groups in total. The van der Waals surface area contributed by atoms with Gasteiger partial charge < -0.3 is 16.0 Å². The van der Waals surface area contributed by atoms with E-state index in [1.54, 1.807) is 11.3 Å². The molecule has 0 radical (unpaired) electrons. The number of amides is 1. The van der Waals surface area contributed by atoms with Gasteiger partial charge in [-0.15, -0.1) is 11.3 Å². The number of thiophene rings is 1. The molecule has 146 valence electrons. The third-order valence-electron chi connectivity index (χ3n) is 4.01. The van der Waals surface area contributed by atoms with E-state index in [0.29, 0.717) is 25.4 Å². The van der Waals surface area contributed by atoms with E-state index in [2.05, 4.69) is 45.4 Å². The summed E-state index contributed by atoms with van der Waals surface area (Å²) in [6.45, 7) is 6.93. The number of guanidine groups is 1. The van der Waals surface area contributed by atoms with Crippen LogP contribution >= 0.6 is 11.3 Å². The average Bonchev–Trinajstić information content (AvgIpc) is 3.18. The predicted octanol–water partition coefficient (Wildman–Crippen LogP) is 3.19. The number of rotatable bonds is 10. The van der Waals surface area contributed by atoms with Crippen LogP contribution in [0, 0.1) is 5.92 Å². The highest BCUT2D eigenvalue weighted by Gasteiger charge is 2.06. The lowest BCUT2D eigenvalue weighted by Crippen LogP contribution is -2.39. The number of aliphatic imine (C=N–C) groups is 1. The first kappa shape index (κ1) is 21.0. The minimum absolute atomic E-state index is 0.0354. The summed E-state index contributed by atoms with van der Waals surface area (Å²) in [6, 6.07) is 14.2. The van der Waals surface area contributed by atoms with Crippen molar-refractivity contribution in [3.63, 3.8) is 0 Å². The number of hydrogen-bond acceptors (Lipinski definition) is 3. The highest BCUT2D eigenvalue weighted by molar-refractivity contribution is 7.09. The number of carbonyl (C=O) groups excluding carboxylic acids is 1. The Bertz CT molecular complexity index is 685. The predicted molar refractivity (Wildman–Crippen MR) is 114 cm³/mol. The number of carbonyl (C=O) groups is 1. The molecule has 1 amide bonds. The molecule has 6 heteroatoms. The van der Waals surface area contributed by atoms with Gasteiger partial charge in [-0.3, -0.25) is 9.79 Å². The molecule has 2 aromatic rings. The molecule has 0 spiro atoms. The molecule has 0 saturated carbocycles. The maximum Gasteiger partial charge on any atom is 0.222 e. The van der Waals surface area contributed by atoms with Gasteiger partial charge in [0.2, 0.25) is 5.91 Å². The van der Waals surface area contributed by atoms with Gasteiger partial charge in [-0.25, -0.2) is 0 Å². The lowest BCUT2D eigenvalue weighted by atomic mass is 10.1. The third kappa shape index (κ3) is 8.73. The lowest BCUT2D eigenvalue weighted by molar-refractivity contribution is -0.121. The van der Waals surface area contributed by atoms with Crippen molar-refractivity contribution in [2.75, 3.05) is 19.6 Å². The zero-order valence-corrected chi connectivity index (χ0v) is 17.0. The number of nitrogens with zero attached hydrogens (tertiary/aromatic N) is 1. The minimum atomic E-state index is 0.0354. The molecule has 0 aliphatic heterocycles. The molecular formula is C21H30N4OS. The van der Waals surface area contributed by atoms with Crippen LogP contribution in [0.1, 0.15) is 30.7 Å². The van der Waals surface area contributed by atoms with Gasteiger partial charge in [0.05, 0.1) is 0 Å². The number of benzene rings is 1. The van der Waals surface area contributed by atoms with Crippen molar-refractivity contribution < 1.29 is 4.79 Å². The normalized spacial score (nSPS) is 12.4. The zero-order valence-electron chi connectivity index (χ0n) is 16.2. The van der Waals surface area contributed by atoms with Gasteiger partial charge in [0.15, 0.2) is 5.96 Å². The Balaban J connectivity index is 1.68. The molecule has 0 aliphatic carbocycles. The zero-order chi connectivity index (χ0) is 19.3. The van der Waals surface area contributed by atoms with E-state index < -0.39 is 0 Å². The van der Waals surface area contributed by atoms with Crippen LogP contribution in [0.15, 0.2) is 52.8 Å². The Morgan fingerprint density at radius 1 is 1.11 bits per heavy atom. The first-order chi connectivity index (χ1) is 13.2. The largest absolute Gasteiger partial charge is 0.357 e. The van der Waals surface area contributed by atoms with E-state index in [1.807, 2.05) is 37.3 Å². The quantitative estimate of drug-likeness (QED) is 0.434. The topological polar surface area (TPSA) is 65.5 Å². The molecule has 5 nitrogen and oxygen atoms in total. The van der Waals surface area contributed by atoms with Crippen LogP contribution < -0.4 is 16.0 Å². The van der Waals surface area contributed by atoms with Crippen LogP contribution in [0.3, 0.4) is 0 Å². The highest BCUT2D eigenvalue weighted by Crippen LogP contribution is 2.14. The van der Waals surface area contributed by atoms with Crippen LogP contribution in [0.2, 0.25) is 0 Å². The molecule has 1 aromatic carbocycles. The fourth-order valence-corrected chi connectivity index (χ4v) is 3.47. The van der Waals surface area contributed by atoms with Gasteiger partial charge in [0, 0.05) is 37.5 Å². The summed E-state index contributed by atoms with van der Waals surface area (Å²) in [6.07, 6.45) is 1.46. The summed E-state index contributed by atoms with van der Waals surface area (Å²) in [5.74, 6) is 1.29. The summed E-state index contributed by atoms with van der Waals surface area (Å²) in [5, 5.41) is 11.5. The fourth-order valence-electron chi connectivity index (χ4n) is 2.60. The SMILES string of the molecule is CCNC(=NCC(C)Cc1cccs1)NCCC(=O)NCc1ccccc1. The molecule has 1 aromatic heterocycles. The highest BCUT2D eigenvalue weighted by atomic mass is 32.1. The van der Waals surface area contributed by atoms with Crippen molar-refractivity contribution in [1.29, 1.82) is 0 Å². The molecule has 0 aliphatic rings. The van der Waals surface area contributed by atoms with Crippen molar-refractivity contribution in [1.82, 2.24) is 16.0 Å². The Kier molecular flexibility index (Phi) is 9.41. The van der Waals surface area contributed by atoms with E-state index in [0.717, 1.165) is 31.0 Å². The molecule has 2 rings (SSSR count). The summed E-state index contributed by atoms with van der Waals surface area (Å²) in [5.41, 5.74) is 1.11. The maximum absolute atomic E-state index is 12.0. The van der Waals surface area contributed by atoms with E-state index in [1.165, 1.54) is 4.88 Å². The maximum atomic E-state index is 12.0. The molecule has 0 saturated heterocycles. The Morgan fingerprint density at radius 3 is 2.63 bits per heavy atom. The van der Waals surface area contributed by atoms with Gasteiger partial charge in [-0.05, 0) is 36.3 Å². The van der Waals surface area contributed by atoms with Crippen LogP contribution in [0.5, 0.6) is 0 Å². The average molecular weight is 387 g/mol. The van der Waals surface area contributed by atoms with Crippen LogP contribution in [-0.2, 0) is 17.8 Å². The van der Waals surface area contributed by atoms with Crippen molar-refractivity contribution in [3.8, 4) is 0 Å². The molecular weight excluding hydrogens is 356 g/mol. The van der Waals surface area contributed by atoms with Crippen LogP contribution in [-0.4, -0.2) is 31.5 Å². The second kappa shape index (κ2) is 12.1. The van der Waals surface area contributed by atoms with Gasteiger partial charge in [0.25, 0.3) is 0 Å². The second-order valence-corrected chi connectivity index (χ2v) is 7.58. The fraction of sp³-hybridized carbons (Fsp3) is 0.429.